The molecule has 5 aliphatic rings. The summed E-state index contributed by atoms with van der Waals surface area (Å²) >= 11 is 12.1. The molecule has 2 bridgehead atoms. The fourth-order valence-corrected chi connectivity index (χ4v) is 5.39. The van der Waals surface area contributed by atoms with Crippen LogP contribution in [0.3, 0.4) is 0 Å². The second kappa shape index (κ2) is 4.15. The number of anilines is 1. The van der Waals surface area contributed by atoms with Gasteiger partial charge in [-0.3, -0.25) is 9.59 Å². The summed E-state index contributed by atoms with van der Waals surface area (Å²) in [5.41, 5.74) is 0.495. The Labute approximate surface area is 137 Å². The highest BCUT2D eigenvalue weighted by atomic mass is 35.5. The molecule has 2 amide bonds. The topological polar surface area (TPSA) is 37.4 Å². The zero-order valence-corrected chi connectivity index (χ0v) is 13.1. The van der Waals surface area contributed by atoms with Gasteiger partial charge in [0, 0.05) is 10.0 Å². The van der Waals surface area contributed by atoms with Gasteiger partial charge in [-0.15, -0.1) is 0 Å². The third-order valence-corrected chi connectivity index (χ3v) is 6.20. The van der Waals surface area contributed by atoms with Crippen LogP contribution in [0, 0.1) is 35.5 Å². The van der Waals surface area contributed by atoms with Gasteiger partial charge in [0.1, 0.15) is 0 Å². The summed E-state index contributed by atoms with van der Waals surface area (Å²) in [5.74, 6) is 1.13. The molecule has 1 aromatic rings. The zero-order chi connectivity index (χ0) is 15.2. The molecule has 0 N–H and O–H groups in total. The molecule has 3 fully saturated rings. The van der Waals surface area contributed by atoms with Crippen molar-refractivity contribution in [2.24, 2.45) is 35.5 Å². The number of halogens is 2. The largest absolute Gasteiger partial charge is 0.274 e. The maximum absolute atomic E-state index is 12.9. The molecule has 6 rings (SSSR count). The lowest BCUT2D eigenvalue weighted by molar-refractivity contribution is -0.124. The summed E-state index contributed by atoms with van der Waals surface area (Å²) in [5, 5.41) is 0.865. The van der Waals surface area contributed by atoms with Crippen LogP contribution in [0.1, 0.15) is 6.42 Å². The van der Waals surface area contributed by atoms with Crippen LogP contribution in [0.4, 0.5) is 5.69 Å². The minimum Gasteiger partial charge on any atom is -0.274 e. The molecule has 0 unspecified atom stereocenters. The normalized spacial score (nSPS) is 40.9. The number of amides is 2. The summed E-state index contributed by atoms with van der Waals surface area (Å²) in [6, 6.07) is 4.87. The smallest absolute Gasteiger partial charge is 0.238 e. The Hall–Kier alpha value is -1.32. The first-order chi connectivity index (χ1) is 10.6. The lowest BCUT2D eigenvalue weighted by Crippen LogP contribution is -2.40. The zero-order valence-electron chi connectivity index (χ0n) is 11.6. The van der Waals surface area contributed by atoms with Gasteiger partial charge in [0.05, 0.1) is 17.5 Å². The van der Waals surface area contributed by atoms with Crippen molar-refractivity contribution in [3.05, 3.63) is 40.4 Å². The Balaban J connectivity index is 1.60. The van der Waals surface area contributed by atoms with Crippen molar-refractivity contribution in [1.29, 1.82) is 0 Å². The van der Waals surface area contributed by atoms with Gasteiger partial charge in [0.2, 0.25) is 11.8 Å². The number of allylic oxidation sites excluding steroid dienone is 2. The minimum absolute atomic E-state index is 0.0852. The van der Waals surface area contributed by atoms with E-state index in [4.69, 9.17) is 23.2 Å². The van der Waals surface area contributed by atoms with Crippen molar-refractivity contribution < 1.29 is 9.59 Å². The highest BCUT2D eigenvalue weighted by Gasteiger charge is 2.67. The van der Waals surface area contributed by atoms with E-state index in [1.165, 1.54) is 11.3 Å². The Morgan fingerprint density at radius 2 is 1.36 bits per heavy atom. The van der Waals surface area contributed by atoms with Crippen molar-refractivity contribution in [2.45, 2.75) is 6.42 Å². The van der Waals surface area contributed by atoms with E-state index < -0.39 is 0 Å². The Morgan fingerprint density at radius 1 is 0.864 bits per heavy atom. The van der Waals surface area contributed by atoms with E-state index in [-0.39, 0.29) is 35.5 Å². The van der Waals surface area contributed by atoms with Gasteiger partial charge >= 0.3 is 0 Å². The van der Waals surface area contributed by atoms with Gasteiger partial charge in [-0.05, 0) is 48.3 Å². The molecule has 2 saturated carbocycles. The lowest BCUT2D eigenvalue weighted by atomic mass is 9.63. The first kappa shape index (κ1) is 13.1. The van der Waals surface area contributed by atoms with Crippen LogP contribution in [-0.2, 0) is 9.59 Å². The monoisotopic (exact) mass is 333 g/mol. The second-order valence-corrected chi connectivity index (χ2v) is 7.67. The average Bonchev–Trinajstić information content (AvgIpc) is 3.23. The van der Waals surface area contributed by atoms with Gasteiger partial charge < -0.3 is 0 Å². The lowest BCUT2D eigenvalue weighted by Gasteiger charge is -2.37. The summed E-state index contributed by atoms with van der Waals surface area (Å²) in [6.07, 6.45) is 5.50. The predicted octanol–water partition coefficient (Wildman–Crippen LogP) is 3.55. The second-order valence-electron chi connectivity index (χ2n) is 6.79. The molecule has 22 heavy (non-hydrogen) atoms. The Bertz CT molecular complexity index is 703. The fraction of sp³-hybridized carbons (Fsp3) is 0.412. The van der Waals surface area contributed by atoms with Crippen LogP contribution in [0.5, 0.6) is 0 Å². The van der Waals surface area contributed by atoms with Gasteiger partial charge in [-0.1, -0.05) is 35.4 Å². The number of carbonyl (C=O) groups excluding carboxylic acids is 2. The molecule has 1 aromatic carbocycles. The number of carbonyl (C=O) groups is 2. The molecule has 1 saturated heterocycles. The van der Waals surface area contributed by atoms with Crippen LogP contribution in [0.25, 0.3) is 0 Å². The third-order valence-electron chi connectivity index (χ3n) is 5.77. The number of nitrogens with zero attached hydrogens (tertiary/aromatic N) is 1. The summed E-state index contributed by atoms with van der Waals surface area (Å²) in [7, 11) is 0. The standard InChI is InChI=1S/C17H13Cl2NO2/c18-7-3-8(19)5-9(4-7)20-16(21)14-10-1-2-11(13-6-12(10)13)15(14)17(20)22/h1-5,10-15H,6H2/t10-,11-,12-,13-,14+,15+/m0/s1. The fourth-order valence-electron chi connectivity index (χ4n) is 4.88. The van der Waals surface area contributed by atoms with E-state index in [0.29, 0.717) is 27.6 Å². The molecule has 0 spiro atoms. The van der Waals surface area contributed by atoms with E-state index in [0.717, 1.165) is 0 Å². The van der Waals surface area contributed by atoms with Crippen LogP contribution in [0.15, 0.2) is 30.4 Å². The molecule has 112 valence electrons. The number of rotatable bonds is 1. The molecule has 5 heteroatoms. The van der Waals surface area contributed by atoms with E-state index in [2.05, 4.69) is 12.2 Å². The minimum atomic E-state index is -0.191. The maximum Gasteiger partial charge on any atom is 0.238 e. The first-order valence-electron chi connectivity index (χ1n) is 7.58. The highest BCUT2D eigenvalue weighted by Crippen LogP contribution is 2.65. The SMILES string of the molecule is O=C1[C@@H]2[C@H]3C=C[C@@H]([C@@H]4C[C@@H]34)[C@H]2C(=O)N1c1cc(Cl)cc(Cl)c1. The maximum atomic E-state index is 12.9. The number of hydrogen-bond donors (Lipinski definition) is 0. The molecule has 4 aliphatic carbocycles. The predicted molar refractivity (Wildman–Crippen MR) is 83.7 cm³/mol. The van der Waals surface area contributed by atoms with Gasteiger partial charge in [-0.25, -0.2) is 4.90 Å². The molecule has 3 nitrogen and oxygen atoms in total. The average molecular weight is 334 g/mol. The highest BCUT2D eigenvalue weighted by molar-refractivity contribution is 6.35. The Morgan fingerprint density at radius 3 is 1.86 bits per heavy atom. The number of hydrogen-bond acceptors (Lipinski definition) is 2. The summed E-state index contributed by atoms with van der Waals surface area (Å²) < 4.78 is 0. The van der Waals surface area contributed by atoms with Gasteiger partial charge in [0.15, 0.2) is 0 Å². The molecule has 6 atom stereocenters. The van der Waals surface area contributed by atoms with Crippen molar-refractivity contribution in [1.82, 2.24) is 0 Å². The van der Waals surface area contributed by atoms with E-state index in [1.807, 2.05) is 0 Å². The van der Waals surface area contributed by atoms with E-state index in [1.54, 1.807) is 18.2 Å². The van der Waals surface area contributed by atoms with Crippen molar-refractivity contribution in [3.63, 3.8) is 0 Å². The van der Waals surface area contributed by atoms with E-state index >= 15 is 0 Å². The van der Waals surface area contributed by atoms with Crippen LogP contribution < -0.4 is 4.90 Å². The van der Waals surface area contributed by atoms with Crippen LogP contribution in [-0.4, -0.2) is 11.8 Å². The summed E-state index contributed by atoms with van der Waals surface area (Å²) in [6.45, 7) is 0. The molecular weight excluding hydrogens is 321 g/mol. The van der Waals surface area contributed by atoms with Gasteiger partial charge in [0.25, 0.3) is 0 Å². The molecule has 1 aliphatic heterocycles. The van der Waals surface area contributed by atoms with Crippen molar-refractivity contribution in [2.75, 3.05) is 4.90 Å². The van der Waals surface area contributed by atoms with Crippen molar-refractivity contribution >= 4 is 40.7 Å². The molecule has 1 heterocycles. The number of imide groups is 1. The van der Waals surface area contributed by atoms with Gasteiger partial charge in [-0.2, -0.15) is 0 Å². The quantitative estimate of drug-likeness (QED) is 0.582. The van der Waals surface area contributed by atoms with Crippen LogP contribution >= 0.6 is 23.2 Å². The number of benzene rings is 1. The summed E-state index contributed by atoms with van der Waals surface area (Å²) in [4.78, 5) is 27.1. The van der Waals surface area contributed by atoms with E-state index in [9.17, 15) is 9.59 Å². The van der Waals surface area contributed by atoms with Crippen LogP contribution in [0.2, 0.25) is 10.0 Å². The third kappa shape index (κ3) is 1.53. The molecule has 0 radical (unpaired) electrons. The Kier molecular flexibility index (Phi) is 2.48. The molecular formula is C17H13Cl2NO2. The first-order valence-corrected chi connectivity index (χ1v) is 8.34. The van der Waals surface area contributed by atoms with Crippen molar-refractivity contribution in [3.8, 4) is 0 Å². The molecule has 0 aromatic heterocycles.